The van der Waals surface area contributed by atoms with E-state index >= 15 is 0 Å². The lowest BCUT2D eigenvalue weighted by atomic mass is 9.92. The van der Waals surface area contributed by atoms with Gasteiger partial charge in [0.25, 0.3) is 0 Å². The molecular formula is C17H19N. The Morgan fingerprint density at radius 1 is 1.06 bits per heavy atom. The first kappa shape index (κ1) is 11.5. The molecule has 0 aromatic heterocycles. The Bertz CT molecular complexity index is 545. The summed E-state index contributed by atoms with van der Waals surface area (Å²) >= 11 is 0. The third-order valence-corrected chi connectivity index (χ3v) is 3.73. The van der Waals surface area contributed by atoms with Gasteiger partial charge in [0, 0.05) is 12.6 Å². The van der Waals surface area contributed by atoms with Crippen LogP contribution in [0.25, 0.3) is 0 Å². The molecular weight excluding hydrogens is 218 g/mol. The second-order valence-electron chi connectivity index (χ2n) is 5.24. The van der Waals surface area contributed by atoms with Gasteiger partial charge in [0.2, 0.25) is 0 Å². The van der Waals surface area contributed by atoms with Crippen LogP contribution in [-0.2, 0) is 19.4 Å². The summed E-state index contributed by atoms with van der Waals surface area (Å²) in [5.41, 5.74) is 5.75. The van der Waals surface area contributed by atoms with E-state index in [2.05, 4.69) is 60.8 Å². The molecule has 0 saturated carbocycles. The molecule has 0 aliphatic carbocycles. The number of nitrogens with one attached hydrogen (secondary N) is 1. The zero-order chi connectivity index (χ0) is 12.4. The van der Waals surface area contributed by atoms with Crippen LogP contribution in [0.15, 0.2) is 48.5 Å². The highest BCUT2D eigenvalue weighted by Gasteiger charge is 2.17. The Labute approximate surface area is 109 Å². The Morgan fingerprint density at radius 2 is 1.89 bits per heavy atom. The maximum Gasteiger partial charge on any atom is 0.0211 e. The summed E-state index contributed by atoms with van der Waals surface area (Å²) in [6.07, 6.45) is 2.26. The van der Waals surface area contributed by atoms with Gasteiger partial charge in [0.05, 0.1) is 0 Å². The molecule has 0 spiro atoms. The van der Waals surface area contributed by atoms with Crippen LogP contribution >= 0.6 is 0 Å². The van der Waals surface area contributed by atoms with Gasteiger partial charge in [0.1, 0.15) is 0 Å². The van der Waals surface area contributed by atoms with Crippen LogP contribution in [0.3, 0.4) is 0 Å². The first-order valence-electron chi connectivity index (χ1n) is 6.67. The van der Waals surface area contributed by atoms with E-state index in [1.54, 1.807) is 0 Å². The summed E-state index contributed by atoms with van der Waals surface area (Å²) in [5.74, 6) is 0. The van der Waals surface area contributed by atoms with Crippen molar-refractivity contribution in [3.63, 3.8) is 0 Å². The SMILES string of the molecule is Cc1cccc(CC2Cc3ccccc3CN2)c1. The van der Waals surface area contributed by atoms with Crippen LogP contribution in [0.2, 0.25) is 0 Å². The second kappa shape index (κ2) is 4.95. The molecule has 1 heteroatoms. The summed E-state index contributed by atoms with van der Waals surface area (Å²) in [5, 5.41) is 3.64. The minimum atomic E-state index is 0.571. The fourth-order valence-corrected chi connectivity index (χ4v) is 2.79. The van der Waals surface area contributed by atoms with Crippen LogP contribution in [0.1, 0.15) is 22.3 Å². The fraction of sp³-hybridized carbons (Fsp3) is 0.294. The summed E-state index contributed by atoms with van der Waals surface area (Å²) in [6.45, 7) is 3.17. The highest BCUT2D eigenvalue weighted by molar-refractivity contribution is 5.31. The molecule has 1 heterocycles. The average Bonchev–Trinajstić information content (AvgIpc) is 2.39. The monoisotopic (exact) mass is 237 g/mol. The highest BCUT2D eigenvalue weighted by atomic mass is 14.9. The summed E-state index contributed by atoms with van der Waals surface area (Å²) in [7, 11) is 0. The maximum atomic E-state index is 3.64. The van der Waals surface area contributed by atoms with Crippen molar-refractivity contribution in [2.24, 2.45) is 0 Å². The van der Waals surface area contributed by atoms with Crippen molar-refractivity contribution in [1.29, 1.82) is 0 Å². The van der Waals surface area contributed by atoms with Gasteiger partial charge in [0.15, 0.2) is 0 Å². The van der Waals surface area contributed by atoms with Gasteiger partial charge in [-0.3, -0.25) is 0 Å². The average molecular weight is 237 g/mol. The van der Waals surface area contributed by atoms with Crippen LogP contribution < -0.4 is 5.32 Å². The smallest absolute Gasteiger partial charge is 0.0211 e. The zero-order valence-corrected chi connectivity index (χ0v) is 10.8. The van der Waals surface area contributed by atoms with Gasteiger partial charge in [-0.2, -0.15) is 0 Å². The molecule has 0 radical (unpaired) electrons. The lowest BCUT2D eigenvalue weighted by molar-refractivity contribution is 0.477. The van der Waals surface area contributed by atoms with Crippen LogP contribution in [0.5, 0.6) is 0 Å². The van der Waals surface area contributed by atoms with Crippen molar-refractivity contribution in [3.05, 3.63) is 70.8 Å². The summed E-state index contributed by atoms with van der Waals surface area (Å²) < 4.78 is 0. The topological polar surface area (TPSA) is 12.0 Å². The molecule has 18 heavy (non-hydrogen) atoms. The van der Waals surface area contributed by atoms with Crippen molar-refractivity contribution < 1.29 is 0 Å². The number of rotatable bonds is 2. The van der Waals surface area contributed by atoms with Crippen molar-refractivity contribution in [2.45, 2.75) is 32.4 Å². The number of hydrogen-bond acceptors (Lipinski definition) is 1. The molecule has 2 aromatic carbocycles. The number of benzene rings is 2. The first-order chi connectivity index (χ1) is 8.81. The minimum Gasteiger partial charge on any atom is -0.309 e. The molecule has 2 aromatic rings. The van der Waals surface area contributed by atoms with Gasteiger partial charge in [-0.1, -0.05) is 54.1 Å². The van der Waals surface area contributed by atoms with Gasteiger partial charge >= 0.3 is 0 Å². The molecule has 0 amide bonds. The minimum absolute atomic E-state index is 0.571. The van der Waals surface area contributed by atoms with Crippen LogP contribution in [-0.4, -0.2) is 6.04 Å². The second-order valence-corrected chi connectivity index (χ2v) is 5.24. The zero-order valence-electron chi connectivity index (χ0n) is 10.8. The molecule has 1 nitrogen and oxygen atoms in total. The van der Waals surface area contributed by atoms with Gasteiger partial charge < -0.3 is 5.32 Å². The van der Waals surface area contributed by atoms with E-state index in [9.17, 15) is 0 Å². The fourth-order valence-electron chi connectivity index (χ4n) is 2.79. The molecule has 0 saturated heterocycles. The van der Waals surface area contributed by atoms with E-state index in [-0.39, 0.29) is 0 Å². The molecule has 1 aliphatic rings. The quantitative estimate of drug-likeness (QED) is 0.845. The predicted molar refractivity (Wildman–Crippen MR) is 75.7 cm³/mol. The molecule has 1 unspecified atom stereocenters. The molecule has 0 bridgehead atoms. The predicted octanol–water partition coefficient (Wildman–Crippen LogP) is 3.25. The third-order valence-electron chi connectivity index (χ3n) is 3.73. The van der Waals surface area contributed by atoms with Crippen molar-refractivity contribution in [1.82, 2.24) is 5.32 Å². The number of fused-ring (bicyclic) bond motifs is 1. The highest BCUT2D eigenvalue weighted by Crippen LogP contribution is 2.18. The van der Waals surface area contributed by atoms with Crippen LogP contribution in [0.4, 0.5) is 0 Å². The van der Waals surface area contributed by atoms with E-state index in [1.807, 2.05) is 0 Å². The Morgan fingerprint density at radius 3 is 2.72 bits per heavy atom. The van der Waals surface area contributed by atoms with E-state index in [0.717, 1.165) is 19.4 Å². The molecule has 3 rings (SSSR count). The Hall–Kier alpha value is -1.60. The largest absolute Gasteiger partial charge is 0.309 e. The van der Waals surface area contributed by atoms with E-state index < -0.39 is 0 Å². The molecule has 92 valence electrons. The van der Waals surface area contributed by atoms with Crippen molar-refractivity contribution >= 4 is 0 Å². The van der Waals surface area contributed by atoms with Gasteiger partial charge in [-0.25, -0.2) is 0 Å². The van der Waals surface area contributed by atoms with Gasteiger partial charge in [-0.15, -0.1) is 0 Å². The standard InChI is InChI=1S/C17H19N/c1-13-5-4-6-14(9-13)10-17-11-15-7-2-3-8-16(15)12-18-17/h2-9,17-18H,10-12H2,1H3. The molecule has 1 N–H and O–H groups in total. The number of hydrogen-bond donors (Lipinski definition) is 1. The Balaban J connectivity index is 1.73. The summed E-state index contributed by atoms with van der Waals surface area (Å²) in [4.78, 5) is 0. The molecule has 1 atom stereocenters. The van der Waals surface area contributed by atoms with Gasteiger partial charge in [-0.05, 0) is 36.5 Å². The van der Waals surface area contributed by atoms with E-state index in [0.29, 0.717) is 6.04 Å². The number of aryl methyl sites for hydroxylation is 1. The first-order valence-corrected chi connectivity index (χ1v) is 6.67. The Kier molecular flexibility index (Phi) is 3.16. The van der Waals surface area contributed by atoms with Crippen molar-refractivity contribution in [2.75, 3.05) is 0 Å². The normalized spacial score (nSPS) is 18.4. The molecule has 1 aliphatic heterocycles. The van der Waals surface area contributed by atoms with Crippen LogP contribution in [0, 0.1) is 6.92 Å². The molecule has 0 fully saturated rings. The van der Waals surface area contributed by atoms with E-state index in [1.165, 1.54) is 22.3 Å². The third kappa shape index (κ3) is 2.46. The summed E-state index contributed by atoms with van der Waals surface area (Å²) in [6, 6.07) is 18.2. The lowest BCUT2D eigenvalue weighted by Crippen LogP contribution is -2.37. The maximum absolute atomic E-state index is 3.64. The lowest BCUT2D eigenvalue weighted by Gasteiger charge is -2.26. The van der Waals surface area contributed by atoms with Crippen molar-refractivity contribution in [3.8, 4) is 0 Å². The van der Waals surface area contributed by atoms with E-state index in [4.69, 9.17) is 0 Å².